The van der Waals surface area contributed by atoms with Gasteiger partial charge < -0.3 is 10.2 Å². The van der Waals surface area contributed by atoms with E-state index in [-0.39, 0.29) is 5.91 Å². The van der Waals surface area contributed by atoms with Gasteiger partial charge in [0.2, 0.25) is 0 Å². The average Bonchev–Trinajstić information content (AvgIpc) is 3.22. The molecule has 7 nitrogen and oxygen atoms in total. The second kappa shape index (κ2) is 6.95. The van der Waals surface area contributed by atoms with Crippen molar-refractivity contribution in [1.29, 1.82) is 0 Å². The standard InChI is InChI=1S/C19H20N6O/c1-2-20-18-12-14-13-24(11-8-16(14)22-23-18)19(26)15-6-3-4-7-17(15)25-10-5-9-21-25/h3-7,9-10,12H,2,8,11,13H2,1H3,(H,20,23). The largest absolute Gasteiger partial charge is 0.369 e. The highest BCUT2D eigenvalue weighted by Gasteiger charge is 2.25. The van der Waals surface area contributed by atoms with Gasteiger partial charge in [0.05, 0.1) is 16.9 Å². The van der Waals surface area contributed by atoms with Crippen LogP contribution in [0, 0.1) is 0 Å². The van der Waals surface area contributed by atoms with Gasteiger partial charge >= 0.3 is 0 Å². The minimum absolute atomic E-state index is 0.00330. The van der Waals surface area contributed by atoms with Crippen molar-refractivity contribution in [2.75, 3.05) is 18.4 Å². The number of benzene rings is 1. The maximum atomic E-state index is 13.2. The van der Waals surface area contributed by atoms with Crippen molar-refractivity contribution in [3.63, 3.8) is 0 Å². The van der Waals surface area contributed by atoms with Crippen LogP contribution >= 0.6 is 0 Å². The van der Waals surface area contributed by atoms with Crippen molar-refractivity contribution in [3.8, 4) is 5.69 Å². The Hall–Kier alpha value is -3.22. The molecular formula is C19H20N6O. The summed E-state index contributed by atoms with van der Waals surface area (Å²) in [5.41, 5.74) is 3.45. The van der Waals surface area contributed by atoms with Crippen LogP contribution < -0.4 is 5.32 Å². The Bertz CT molecular complexity index is 922. The van der Waals surface area contributed by atoms with Gasteiger partial charge in [-0.2, -0.15) is 10.2 Å². The molecule has 1 aliphatic rings. The highest BCUT2D eigenvalue weighted by Crippen LogP contribution is 2.22. The highest BCUT2D eigenvalue weighted by molar-refractivity contribution is 5.97. The number of fused-ring (bicyclic) bond motifs is 1. The molecule has 2 aromatic heterocycles. The van der Waals surface area contributed by atoms with Gasteiger partial charge in [-0.15, -0.1) is 5.10 Å². The molecule has 1 amide bonds. The van der Waals surface area contributed by atoms with Gasteiger partial charge in [0.15, 0.2) is 0 Å². The van der Waals surface area contributed by atoms with E-state index < -0.39 is 0 Å². The average molecular weight is 348 g/mol. The van der Waals surface area contributed by atoms with E-state index in [1.807, 2.05) is 54.4 Å². The molecule has 3 heterocycles. The number of aromatic nitrogens is 4. The third kappa shape index (κ3) is 3.03. The number of hydrogen-bond donors (Lipinski definition) is 1. The Morgan fingerprint density at radius 3 is 2.92 bits per heavy atom. The smallest absolute Gasteiger partial charge is 0.256 e. The fraction of sp³-hybridized carbons (Fsp3) is 0.263. The maximum absolute atomic E-state index is 13.2. The first kappa shape index (κ1) is 16.3. The molecule has 4 rings (SSSR count). The molecule has 1 aliphatic heterocycles. The summed E-state index contributed by atoms with van der Waals surface area (Å²) in [4.78, 5) is 15.0. The molecule has 3 aromatic rings. The van der Waals surface area contributed by atoms with E-state index >= 15 is 0 Å². The number of hydrogen-bond acceptors (Lipinski definition) is 5. The first-order chi connectivity index (χ1) is 12.8. The molecule has 0 fully saturated rings. The maximum Gasteiger partial charge on any atom is 0.256 e. The molecule has 0 atom stereocenters. The van der Waals surface area contributed by atoms with E-state index in [0.717, 1.165) is 29.3 Å². The lowest BCUT2D eigenvalue weighted by Crippen LogP contribution is -2.37. The predicted octanol–water partition coefficient (Wildman–Crippen LogP) is 2.29. The molecule has 0 bridgehead atoms. The van der Waals surface area contributed by atoms with E-state index in [0.29, 0.717) is 25.1 Å². The number of carbonyl (C=O) groups excluding carboxylic acids is 1. The van der Waals surface area contributed by atoms with E-state index in [9.17, 15) is 4.79 Å². The second-order valence-corrected chi connectivity index (χ2v) is 6.18. The van der Waals surface area contributed by atoms with E-state index in [1.165, 1.54) is 0 Å². The highest BCUT2D eigenvalue weighted by atomic mass is 16.2. The Morgan fingerprint density at radius 1 is 1.23 bits per heavy atom. The number of nitrogens with zero attached hydrogens (tertiary/aromatic N) is 5. The quantitative estimate of drug-likeness (QED) is 0.783. The van der Waals surface area contributed by atoms with E-state index in [2.05, 4.69) is 20.6 Å². The first-order valence-electron chi connectivity index (χ1n) is 8.74. The SMILES string of the molecule is CCNc1cc2c(nn1)CCN(C(=O)c1ccccc1-n1cccn1)C2. The molecule has 0 spiro atoms. The van der Waals surface area contributed by atoms with Crippen LogP contribution in [0.2, 0.25) is 0 Å². The molecule has 7 heteroatoms. The lowest BCUT2D eigenvalue weighted by molar-refractivity contribution is 0.0733. The van der Waals surface area contributed by atoms with Crippen LogP contribution in [0.5, 0.6) is 0 Å². The van der Waals surface area contributed by atoms with Crippen molar-refractivity contribution >= 4 is 11.7 Å². The fourth-order valence-electron chi connectivity index (χ4n) is 3.21. The Kier molecular flexibility index (Phi) is 4.35. The second-order valence-electron chi connectivity index (χ2n) is 6.18. The molecule has 0 saturated carbocycles. The number of para-hydroxylation sites is 1. The molecule has 1 N–H and O–H groups in total. The lowest BCUT2D eigenvalue weighted by Gasteiger charge is -2.28. The van der Waals surface area contributed by atoms with Gasteiger partial charge in [-0.3, -0.25) is 4.79 Å². The van der Waals surface area contributed by atoms with Gasteiger partial charge in [0.1, 0.15) is 5.82 Å². The summed E-state index contributed by atoms with van der Waals surface area (Å²) in [5.74, 6) is 0.751. The van der Waals surface area contributed by atoms with Crippen LogP contribution in [0.3, 0.4) is 0 Å². The summed E-state index contributed by atoms with van der Waals surface area (Å²) in [5, 5.41) is 15.9. The summed E-state index contributed by atoms with van der Waals surface area (Å²) in [7, 11) is 0. The normalized spacial score (nSPS) is 13.3. The van der Waals surface area contributed by atoms with Crippen LogP contribution in [0.15, 0.2) is 48.8 Å². The number of rotatable bonds is 4. The van der Waals surface area contributed by atoms with Crippen LogP contribution in [-0.4, -0.2) is 43.9 Å². The summed E-state index contributed by atoms with van der Waals surface area (Å²) in [6.45, 7) is 3.97. The third-order valence-corrected chi connectivity index (χ3v) is 4.47. The summed E-state index contributed by atoms with van der Waals surface area (Å²) < 4.78 is 1.72. The summed E-state index contributed by atoms with van der Waals surface area (Å²) in [6.07, 6.45) is 4.26. The van der Waals surface area contributed by atoms with E-state index in [4.69, 9.17) is 0 Å². The molecule has 1 aromatic carbocycles. The first-order valence-corrected chi connectivity index (χ1v) is 8.74. The van der Waals surface area contributed by atoms with Crippen LogP contribution in [0.4, 0.5) is 5.82 Å². The number of anilines is 1. The molecule has 0 radical (unpaired) electrons. The van der Waals surface area contributed by atoms with Crippen LogP contribution in [0.1, 0.15) is 28.5 Å². The van der Waals surface area contributed by atoms with E-state index in [1.54, 1.807) is 10.9 Å². The molecular weight excluding hydrogens is 328 g/mol. The minimum atomic E-state index is 0.00330. The van der Waals surface area contributed by atoms with Gasteiger partial charge in [-0.25, -0.2) is 4.68 Å². The van der Waals surface area contributed by atoms with Gasteiger partial charge in [0, 0.05) is 38.4 Å². The number of carbonyl (C=O) groups is 1. The van der Waals surface area contributed by atoms with Crippen molar-refractivity contribution in [1.82, 2.24) is 24.9 Å². The molecule has 0 saturated heterocycles. The molecule has 26 heavy (non-hydrogen) atoms. The number of amides is 1. The van der Waals surface area contributed by atoms with Crippen LogP contribution in [0.25, 0.3) is 5.69 Å². The van der Waals surface area contributed by atoms with Crippen molar-refractivity contribution in [2.45, 2.75) is 19.9 Å². The predicted molar refractivity (Wildman–Crippen MR) is 98.2 cm³/mol. The zero-order valence-corrected chi connectivity index (χ0v) is 14.6. The Labute approximate surface area is 151 Å². The van der Waals surface area contributed by atoms with Gasteiger partial charge in [0.25, 0.3) is 5.91 Å². The zero-order valence-electron chi connectivity index (χ0n) is 14.6. The summed E-state index contributed by atoms with van der Waals surface area (Å²) in [6, 6.07) is 11.4. The van der Waals surface area contributed by atoms with Crippen LogP contribution in [-0.2, 0) is 13.0 Å². The van der Waals surface area contributed by atoms with Gasteiger partial charge in [-0.1, -0.05) is 12.1 Å². The topological polar surface area (TPSA) is 75.9 Å². The van der Waals surface area contributed by atoms with Gasteiger partial charge in [-0.05, 0) is 36.8 Å². The fourth-order valence-corrected chi connectivity index (χ4v) is 3.21. The van der Waals surface area contributed by atoms with Crippen molar-refractivity contribution < 1.29 is 4.79 Å². The molecule has 0 aliphatic carbocycles. The van der Waals surface area contributed by atoms with Crippen molar-refractivity contribution in [3.05, 3.63) is 65.6 Å². The molecule has 132 valence electrons. The Balaban J connectivity index is 1.62. The zero-order chi connectivity index (χ0) is 17.9. The lowest BCUT2D eigenvalue weighted by atomic mass is 10.0. The minimum Gasteiger partial charge on any atom is -0.369 e. The Morgan fingerprint density at radius 2 is 2.12 bits per heavy atom. The molecule has 0 unspecified atom stereocenters. The summed E-state index contributed by atoms with van der Waals surface area (Å²) >= 11 is 0. The monoisotopic (exact) mass is 348 g/mol. The number of nitrogens with one attached hydrogen (secondary N) is 1. The third-order valence-electron chi connectivity index (χ3n) is 4.47. The van der Waals surface area contributed by atoms with Crippen molar-refractivity contribution in [2.24, 2.45) is 0 Å².